The molecule has 1 atom stereocenters. The largest absolute Gasteiger partial charge is 0.449 e. The Kier molecular flexibility index (Phi) is 5.56. The Morgan fingerprint density at radius 2 is 1.90 bits per heavy atom. The molecule has 1 aliphatic heterocycles. The van der Waals surface area contributed by atoms with Gasteiger partial charge < -0.3 is 10.1 Å². The fourth-order valence-electron chi connectivity index (χ4n) is 2.95. The van der Waals surface area contributed by atoms with Crippen LogP contribution in [-0.2, 0) is 26.0 Å². The molecule has 1 N–H and O–H groups in total. The van der Waals surface area contributed by atoms with E-state index in [9.17, 15) is 26.8 Å². The van der Waals surface area contributed by atoms with Gasteiger partial charge in [-0.1, -0.05) is 0 Å². The average Bonchev–Trinajstić information content (AvgIpc) is 3.07. The predicted octanol–water partition coefficient (Wildman–Crippen LogP) is 2.47. The number of benzene rings is 2. The number of ether oxygens (including phenoxy) is 1. The minimum absolute atomic E-state index is 0.159. The summed E-state index contributed by atoms with van der Waals surface area (Å²) in [5.74, 6) is -3.31. The molecule has 0 fully saturated rings. The summed E-state index contributed by atoms with van der Waals surface area (Å²) >= 11 is 0. The molecule has 1 aliphatic rings. The van der Waals surface area contributed by atoms with Gasteiger partial charge in [0, 0.05) is 12.6 Å². The van der Waals surface area contributed by atoms with Crippen molar-refractivity contribution < 1.29 is 31.5 Å². The molecule has 1 unspecified atom stereocenters. The van der Waals surface area contributed by atoms with Crippen molar-refractivity contribution in [2.45, 2.75) is 19.4 Å². The van der Waals surface area contributed by atoms with Gasteiger partial charge >= 0.3 is 5.97 Å². The van der Waals surface area contributed by atoms with Crippen molar-refractivity contribution in [1.82, 2.24) is 0 Å². The van der Waals surface area contributed by atoms with Gasteiger partial charge in [-0.2, -0.15) is 0 Å². The number of halogens is 2. The molecule has 2 aromatic rings. The first-order valence-corrected chi connectivity index (χ1v) is 10.5. The summed E-state index contributed by atoms with van der Waals surface area (Å²) in [4.78, 5) is 24.5. The van der Waals surface area contributed by atoms with Crippen LogP contribution in [0, 0.1) is 11.6 Å². The highest BCUT2D eigenvalue weighted by atomic mass is 32.2. The molecule has 0 bridgehead atoms. The average molecular weight is 424 g/mol. The second-order valence-electron chi connectivity index (χ2n) is 6.59. The number of hydrogen-bond acceptors (Lipinski definition) is 5. The van der Waals surface area contributed by atoms with Crippen LogP contribution >= 0.6 is 0 Å². The lowest BCUT2D eigenvalue weighted by molar-refractivity contribution is -0.123. The zero-order chi connectivity index (χ0) is 21.3. The van der Waals surface area contributed by atoms with Crippen LogP contribution in [0.25, 0.3) is 0 Å². The van der Waals surface area contributed by atoms with Crippen LogP contribution in [0.15, 0.2) is 36.4 Å². The third-order valence-corrected chi connectivity index (χ3v) is 5.59. The maximum atomic E-state index is 13.6. The number of carbonyl (C=O) groups excluding carboxylic acids is 2. The lowest BCUT2D eigenvalue weighted by atomic mass is 10.1. The van der Waals surface area contributed by atoms with Crippen molar-refractivity contribution in [2.75, 3.05) is 22.4 Å². The minimum Gasteiger partial charge on any atom is -0.449 e. The van der Waals surface area contributed by atoms with Crippen LogP contribution in [0.4, 0.5) is 20.2 Å². The second kappa shape index (κ2) is 7.78. The lowest BCUT2D eigenvalue weighted by Crippen LogP contribution is -2.30. The molecule has 1 amide bonds. The molecule has 0 saturated heterocycles. The summed E-state index contributed by atoms with van der Waals surface area (Å²) in [5, 5.41) is 2.23. The fourth-order valence-corrected chi connectivity index (χ4v) is 3.91. The topological polar surface area (TPSA) is 92.8 Å². The quantitative estimate of drug-likeness (QED) is 0.745. The van der Waals surface area contributed by atoms with Gasteiger partial charge in [0.05, 0.1) is 23.2 Å². The number of carbonyl (C=O) groups is 2. The Balaban J connectivity index is 1.68. The zero-order valence-electron chi connectivity index (χ0n) is 15.6. The van der Waals surface area contributed by atoms with E-state index in [0.717, 1.165) is 18.4 Å². The molecular formula is C19H18F2N2O5S. The van der Waals surface area contributed by atoms with Crippen molar-refractivity contribution in [1.29, 1.82) is 0 Å². The van der Waals surface area contributed by atoms with E-state index in [-0.39, 0.29) is 17.8 Å². The monoisotopic (exact) mass is 424 g/mol. The maximum absolute atomic E-state index is 13.6. The fraction of sp³-hybridized carbons (Fsp3) is 0.263. The summed E-state index contributed by atoms with van der Waals surface area (Å²) in [5.41, 5.74) is 1.10. The summed E-state index contributed by atoms with van der Waals surface area (Å²) < 4.78 is 56.5. The van der Waals surface area contributed by atoms with Gasteiger partial charge in [0.1, 0.15) is 11.6 Å². The van der Waals surface area contributed by atoms with Crippen LogP contribution < -0.4 is 9.62 Å². The number of nitrogens with one attached hydrogen (secondary N) is 1. The minimum atomic E-state index is -3.41. The van der Waals surface area contributed by atoms with E-state index in [1.54, 1.807) is 0 Å². The molecule has 0 spiro atoms. The summed E-state index contributed by atoms with van der Waals surface area (Å²) in [7, 11) is -3.41. The normalized spacial score (nSPS) is 14.3. The van der Waals surface area contributed by atoms with E-state index < -0.39 is 39.6 Å². The number of fused-ring (bicyclic) bond motifs is 1. The highest BCUT2D eigenvalue weighted by molar-refractivity contribution is 7.92. The van der Waals surface area contributed by atoms with E-state index in [0.29, 0.717) is 23.7 Å². The molecule has 29 heavy (non-hydrogen) atoms. The maximum Gasteiger partial charge on any atom is 0.338 e. The van der Waals surface area contributed by atoms with Gasteiger partial charge in [-0.05, 0) is 49.2 Å². The van der Waals surface area contributed by atoms with Crippen molar-refractivity contribution in [3.8, 4) is 0 Å². The highest BCUT2D eigenvalue weighted by Crippen LogP contribution is 2.31. The number of rotatable bonds is 5. The zero-order valence-corrected chi connectivity index (χ0v) is 16.4. The number of amides is 1. The van der Waals surface area contributed by atoms with E-state index in [1.165, 1.54) is 29.4 Å². The van der Waals surface area contributed by atoms with Crippen LogP contribution in [-0.4, -0.2) is 39.2 Å². The second-order valence-corrected chi connectivity index (χ2v) is 8.50. The van der Waals surface area contributed by atoms with Gasteiger partial charge in [0.2, 0.25) is 10.0 Å². The highest BCUT2D eigenvalue weighted by Gasteiger charge is 2.27. The van der Waals surface area contributed by atoms with Gasteiger partial charge in [-0.25, -0.2) is 22.0 Å². The first kappa shape index (κ1) is 20.7. The molecular weight excluding hydrogens is 406 g/mol. The molecule has 0 aromatic heterocycles. The standard InChI is InChI=1S/C19H18F2N2O5S/c1-11(18(24)22-16-5-4-14(20)10-15(16)21)28-19(25)13-3-6-17-12(9-13)7-8-23(17)29(2,26)27/h3-6,9-11H,7-8H2,1-2H3,(H,22,24). The van der Waals surface area contributed by atoms with E-state index in [4.69, 9.17) is 4.74 Å². The number of anilines is 2. The Morgan fingerprint density at radius 1 is 1.17 bits per heavy atom. The third-order valence-electron chi connectivity index (χ3n) is 4.41. The Hall–Kier alpha value is -3.01. The summed E-state index contributed by atoms with van der Waals surface area (Å²) in [6.07, 6.45) is 0.311. The molecule has 0 saturated carbocycles. The summed E-state index contributed by atoms with van der Waals surface area (Å²) in [6.45, 7) is 1.60. The molecule has 154 valence electrons. The summed E-state index contributed by atoms with van der Waals surface area (Å²) in [6, 6.07) is 7.11. The molecule has 3 rings (SSSR count). The van der Waals surface area contributed by atoms with Gasteiger partial charge in [0.25, 0.3) is 5.91 Å². The van der Waals surface area contributed by atoms with Crippen molar-refractivity contribution in [3.63, 3.8) is 0 Å². The van der Waals surface area contributed by atoms with Crippen LogP contribution in [0.2, 0.25) is 0 Å². The SMILES string of the molecule is CC(OC(=O)c1ccc2c(c1)CCN2S(C)(=O)=O)C(=O)Nc1ccc(F)cc1F. The third kappa shape index (κ3) is 4.53. The van der Waals surface area contributed by atoms with Crippen molar-refractivity contribution in [3.05, 3.63) is 59.2 Å². The lowest BCUT2D eigenvalue weighted by Gasteiger charge is -2.17. The number of sulfonamides is 1. The first-order chi connectivity index (χ1) is 13.6. The number of nitrogens with zero attached hydrogens (tertiary/aromatic N) is 1. The van der Waals surface area contributed by atoms with Crippen LogP contribution in [0.5, 0.6) is 0 Å². The van der Waals surface area contributed by atoms with Crippen LogP contribution in [0.1, 0.15) is 22.8 Å². The number of esters is 1. The molecule has 0 aliphatic carbocycles. The van der Waals surface area contributed by atoms with Crippen LogP contribution in [0.3, 0.4) is 0 Å². The van der Waals surface area contributed by atoms with E-state index in [2.05, 4.69) is 5.32 Å². The van der Waals surface area contributed by atoms with E-state index >= 15 is 0 Å². The smallest absolute Gasteiger partial charge is 0.338 e. The van der Waals surface area contributed by atoms with Gasteiger partial charge in [0.15, 0.2) is 6.10 Å². The molecule has 2 aromatic carbocycles. The van der Waals surface area contributed by atoms with Crippen molar-refractivity contribution in [2.24, 2.45) is 0 Å². The Morgan fingerprint density at radius 3 is 2.55 bits per heavy atom. The Labute approximate surface area is 166 Å². The van der Waals surface area contributed by atoms with Crippen molar-refractivity contribution >= 4 is 33.3 Å². The molecule has 1 heterocycles. The molecule has 0 radical (unpaired) electrons. The van der Waals surface area contributed by atoms with E-state index in [1.807, 2.05) is 0 Å². The Bertz CT molecular complexity index is 1090. The molecule has 10 heteroatoms. The predicted molar refractivity (Wildman–Crippen MR) is 102 cm³/mol. The first-order valence-electron chi connectivity index (χ1n) is 8.64. The number of hydrogen-bond donors (Lipinski definition) is 1. The molecule has 7 nitrogen and oxygen atoms in total. The van der Waals surface area contributed by atoms with Gasteiger partial charge in [-0.3, -0.25) is 9.10 Å². The van der Waals surface area contributed by atoms with Gasteiger partial charge in [-0.15, -0.1) is 0 Å².